The van der Waals surface area contributed by atoms with Gasteiger partial charge in [-0.05, 0) is 18.4 Å². The van der Waals surface area contributed by atoms with Gasteiger partial charge in [-0.25, -0.2) is 9.97 Å². The summed E-state index contributed by atoms with van der Waals surface area (Å²) in [6.07, 6.45) is 2.36. The Hall–Kier alpha value is -1.82. The molecule has 2 aromatic rings. The van der Waals surface area contributed by atoms with Gasteiger partial charge < -0.3 is 15.8 Å². The van der Waals surface area contributed by atoms with Gasteiger partial charge in [-0.3, -0.25) is 0 Å². The van der Waals surface area contributed by atoms with E-state index in [1.54, 1.807) is 18.4 Å². The van der Waals surface area contributed by atoms with Gasteiger partial charge in [0.2, 0.25) is 5.75 Å². The first-order valence-corrected chi connectivity index (χ1v) is 6.52. The third-order valence-electron chi connectivity index (χ3n) is 2.51. The van der Waals surface area contributed by atoms with Crippen LogP contribution in [0.4, 0.5) is 11.6 Å². The highest BCUT2D eigenvalue weighted by Crippen LogP contribution is 2.27. The van der Waals surface area contributed by atoms with Gasteiger partial charge >= 0.3 is 0 Å². The number of nitrogens with two attached hydrogens (primary N) is 1. The number of ether oxygens (including phenoxy) is 1. The second-order valence-electron chi connectivity index (χ2n) is 3.97. The van der Waals surface area contributed by atoms with Crippen molar-refractivity contribution in [2.45, 2.75) is 19.4 Å². The molecule has 96 valence electrons. The van der Waals surface area contributed by atoms with Crippen molar-refractivity contribution < 1.29 is 4.74 Å². The molecule has 0 aromatic carbocycles. The van der Waals surface area contributed by atoms with Gasteiger partial charge in [0.05, 0.1) is 7.11 Å². The molecular formula is C12H16N4OS. The summed E-state index contributed by atoms with van der Waals surface area (Å²) in [5, 5.41) is 5.37. The van der Waals surface area contributed by atoms with Crippen molar-refractivity contribution in [2.75, 3.05) is 18.2 Å². The molecule has 0 amide bonds. The molecule has 18 heavy (non-hydrogen) atoms. The lowest BCUT2D eigenvalue weighted by atomic mass is 10.2. The maximum absolute atomic E-state index is 5.73. The number of rotatable bonds is 5. The third-order valence-corrected chi connectivity index (χ3v) is 3.40. The second-order valence-corrected chi connectivity index (χ2v) is 5.00. The predicted molar refractivity (Wildman–Crippen MR) is 74.1 cm³/mol. The van der Waals surface area contributed by atoms with Crippen molar-refractivity contribution in [1.29, 1.82) is 0 Å². The minimum atomic E-state index is 0.242. The van der Waals surface area contributed by atoms with Crippen LogP contribution in [-0.4, -0.2) is 23.1 Å². The number of thiophene rings is 1. The maximum atomic E-state index is 5.73. The van der Waals surface area contributed by atoms with Crippen LogP contribution in [0, 0.1) is 0 Å². The van der Waals surface area contributed by atoms with Crippen molar-refractivity contribution in [3.8, 4) is 5.75 Å². The summed E-state index contributed by atoms with van der Waals surface area (Å²) < 4.78 is 5.20. The SMILES string of the molecule is COc1c(N)ncnc1NC(C)Cc1cccs1. The quantitative estimate of drug-likeness (QED) is 0.866. The molecule has 3 N–H and O–H groups in total. The molecule has 0 aliphatic rings. The maximum Gasteiger partial charge on any atom is 0.203 e. The van der Waals surface area contributed by atoms with Crippen molar-refractivity contribution in [3.63, 3.8) is 0 Å². The Balaban J connectivity index is 2.07. The van der Waals surface area contributed by atoms with Crippen molar-refractivity contribution in [3.05, 3.63) is 28.7 Å². The Morgan fingerprint density at radius 1 is 1.50 bits per heavy atom. The molecule has 0 saturated carbocycles. The van der Waals surface area contributed by atoms with Gasteiger partial charge in [0.15, 0.2) is 11.6 Å². The van der Waals surface area contributed by atoms with Crippen LogP contribution in [0.5, 0.6) is 5.75 Å². The lowest BCUT2D eigenvalue weighted by Crippen LogP contribution is -2.19. The first-order valence-electron chi connectivity index (χ1n) is 5.64. The van der Waals surface area contributed by atoms with Crippen molar-refractivity contribution in [1.82, 2.24) is 9.97 Å². The summed E-state index contributed by atoms with van der Waals surface area (Å²) >= 11 is 1.75. The third kappa shape index (κ3) is 2.89. The fourth-order valence-electron chi connectivity index (χ4n) is 1.71. The second kappa shape index (κ2) is 5.68. The topological polar surface area (TPSA) is 73.1 Å². The van der Waals surface area contributed by atoms with E-state index in [0.717, 1.165) is 6.42 Å². The van der Waals surface area contributed by atoms with E-state index in [0.29, 0.717) is 17.4 Å². The van der Waals surface area contributed by atoms with E-state index >= 15 is 0 Å². The molecular weight excluding hydrogens is 248 g/mol. The normalized spacial score (nSPS) is 12.1. The summed E-state index contributed by atoms with van der Waals surface area (Å²) in [5.41, 5.74) is 5.73. The monoisotopic (exact) mass is 264 g/mol. The molecule has 0 aliphatic heterocycles. The number of anilines is 2. The first kappa shape index (κ1) is 12.6. The highest BCUT2D eigenvalue weighted by molar-refractivity contribution is 7.09. The van der Waals surface area contributed by atoms with Gasteiger partial charge in [-0.15, -0.1) is 11.3 Å². The van der Waals surface area contributed by atoms with Crippen molar-refractivity contribution in [2.24, 2.45) is 0 Å². The summed E-state index contributed by atoms with van der Waals surface area (Å²) in [5.74, 6) is 1.47. The van der Waals surface area contributed by atoms with Crippen LogP contribution in [0.2, 0.25) is 0 Å². The zero-order chi connectivity index (χ0) is 13.0. The molecule has 1 atom stereocenters. The van der Waals surface area contributed by atoms with Gasteiger partial charge in [-0.1, -0.05) is 6.07 Å². The number of hydrogen-bond acceptors (Lipinski definition) is 6. The molecule has 6 heteroatoms. The Kier molecular flexibility index (Phi) is 3.99. The molecule has 2 heterocycles. The van der Waals surface area contributed by atoms with Crippen molar-refractivity contribution >= 4 is 23.0 Å². The Bertz CT molecular complexity index is 501. The van der Waals surface area contributed by atoms with Gasteiger partial charge in [0.1, 0.15) is 6.33 Å². The molecule has 2 aromatic heterocycles. The van der Waals surface area contributed by atoms with E-state index in [1.807, 2.05) is 0 Å². The highest BCUT2D eigenvalue weighted by atomic mass is 32.1. The molecule has 2 rings (SSSR count). The number of nitrogens with one attached hydrogen (secondary N) is 1. The molecule has 1 unspecified atom stereocenters. The van der Waals surface area contributed by atoms with Gasteiger partial charge in [0.25, 0.3) is 0 Å². The fraction of sp³-hybridized carbons (Fsp3) is 0.333. The van der Waals surface area contributed by atoms with Gasteiger partial charge in [-0.2, -0.15) is 0 Å². The zero-order valence-corrected chi connectivity index (χ0v) is 11.2. The summed E-state index contributed by atoms with van der Waals surface area (Å²) in [6, 6.07) is 4.41. The predicted octanol–water partition coefficient (Wildman–Crippen LogP) is 2.17. The molecule has 0 saturated heterocycles. The molecule has 0 fully saturated rings. The first-order chi connectivity index (χ1) is 8.70. The number of hydrogen-bond donors (Lipinski definition) is 2. The minimum absolute atomic E-state index is 0.242. The lowest BCUT2D eigenvalue weighted by Gasteiger charge is -2.16. The minimum Gasteiger partial charge on any atom is -0.490 e. The zero-order valence-electron chi connectivity index (χ0n) is 10.4. The Morgan fingerprint density at radius 2 is 2.33 bits per heavy atom. The van der Waals surface area contributed by atoms with Crippen LogP contribution in [0.1, 0.15) is 11.8 Å². The summed E-state index contributed by atoms with van der Waals surface area (Å²) in [4.78, 5) is 9.38. The van der Waals surface area contributed by atoms with Crippen LogP contribution >= 0.6 is 11.3 Å². The van der Waals surface area contributed by atoms with E-state index in [4.69, 9.17) is 10.5 Å². The number of nitrogen functional groups attached to an aromatic ring is 1. The standard InChI is InChI=1S/C12H16N4OS/c1-8(6-9-4-3-5-18-9)16-12-10(17-2)11(13)14-7-15-12/h3-5,7-8H,6H2,1-2H3,(H3,13,14,15,16). The Morgan fingerprint density at radius 3 is 3.00 bits per heavy atom. The fourth-order valence-corrected chi connectivity index (χ4v) is 2.54. The molecule has 0 spiro atoms. The van der Waals surface area contributed by atoms with Crippen LogP contribution in [0.25, 0.3) is 0 Å². The largest absolute Gasteiger partial charge is 0.490 e. The summed E-state index contributed by atoms with van der Waals surface area (Å²) in [6.45, 7) is 2.09. The molecule has 0 aliphatic carbocycles. The van der Waals surface area contributed by atoms with Crippen LogP contribution in [0.15, 0.2) is 23.8 Å². The van der Waals surface area contributed by atoms with E-state index in [9.17, 15) is 0 Å². The van der Waals surface area contributed by atoms with E-state index in [2.05, 4.69) is 39.7 Å². The smallest absolute Gasteiger partial charge is 0.203 e. The average molecular weight is 264 g/mol. The van der Waals surface area contributed by atoms with E-state index in [1.165, 1.54) is 11.2 Å². The lowest BCUT2D eigenvalue weighted by molar-refractivity contribution is 0.414. The number of nitrogens with zero attached hydrogens (tertiary/aromatic N) is 2. The molecule has 0 radical (unpaired) electrons. The van der Waals surface area contributed by atoms with E-state index in [-0.39, 0.29) is 6.04 Å². The van der Waals surface area contributed by atoms with E-state index < -0.39 is 0 Å². The number of aromatic nitrogens is 2. The van der Waals surface area contributed by atoms with Crippen LogP contribution in [-0.2, 0) is 6.42 Å². The Labute approximate surface area is 110 Å². The molecule has 5 nitrogen and oxygen atoms in total. The van der Waals surface area contributed by atoms with Crippen LogP contribution in [0.3, 0.4) is 0 Å². The average Bonchev–Trinajstić information content (AvgIpc) is 2.82. The summed E-state index contributed by atoms with van der Waals surface area (Å²) in [7, 11) is 1.56. The van der Waals surface area contributed by atoms with Crippen LogP contribution < -0.4 is 15.8 Å². The highest BCUT2D eigenvalue weighted by Gasteiger charge is 2.12. The number of methoxy groups -OCH3 is 1. The molecule has 0 bridgehead atoms. The van der Waals surface area contributed by atoms with Gasteiger partial charge in [0, 0.05) is 17.3 Å².